The number of aliphatic hydroxyl groups is 1. The highest BCUT2D eigenvalue weighted by molar-refractivity contribution is 5.58. The number of nitriles is 1. The quantitative estimate of drug-likeness (QED) is 0.804. The van der Waals surface area contributed by atoms with Crippen molar-refractivity contribution in [1.29, 1.82) is 5.26 Å². The molecule has 23 heavy (non-hydrogen) atoms. The molecule has 1 aromatic heterocycles. The Kier molecular flexibility index (Phi) is 4.18. The van der Waals surface area contributed by atoms with Gasteiger partial charge in [-0.1, -0.05) is 36.4 Å². The molecule has 5 heteroatoms. The number of aryl methyl sites for hydroxylation is 1. The number of aliphatic hydroxyl groups excluding tert-OH is 1. The lowest BCUT2D eigenvalue weighted by atomic mass is 10.1. The third-order valence-corrected chi connectivity index (χ3v) is 3.73. The van der Waals surface area contributed by atoms with Crippen molar-refractivity contribution < 1.29 is 5.11 Å². The number of hydrogen-bond donors (Lipinski definition) is 1. The predicted molar refractivity (Wildman–Crippen MR) is 86.4 cm³/mol. The van der Waals surface area contributed by atoms with Gasteiger partial charge >= 0.3 is 0 Å². The van der Waals surface area contributed by atoms with Crippen LogP contribution in [0.25, 0.3) is 11.4 Å². The molecule has 5 nitrogen and oxygen atoms in total. The summed E-state index contributed by atoms with van der Waals surface area (Å²) >= 11 is 0. The van der Waals surface area contributed by atoms with E-state index in [1.165, 1.54) is 0 Å². The number of aromatic nitrogens is 3. The number of rotatable bonds is 4. The lowest BCUT2D eigenvalue weighted by Gasteiger charge is -2.09. The van der Waals surface area contributed by atoms with Crippen LogP contribution in [-0.4, -0.2) is 19.9 Å². The van der Waals surface area contributed by atoms with Gasteiger partial charge in [-0.15, -0.1) is 10.2 Å². The van der Waals surface area contributed by atoms with Crippen molar-refractivity contribution in [2.45, 2.75) is 20.1 Å². The molecule has 3 aromatic rings. The van der Waals surface area contributed by atoms with Gasteiger partial charge in [0.2, 0.25) is 0 Å². The fourth-order valence-corrected chi connectivity index (χ4v) is 2.44. The van der Waals surface area contributed by atoms with Gasteiger partial charge in [-0.3, -0.25) is 0 Å². The van der Waals surface area contributed by atoms with Gasteiger partial charge in [0.25, 0.3) is 0 Å². The van der Waals surface area contributed by atoms with Crippen molar-refractivity contribution in [2.75, 3.05) is 0 Å². The Morgan fingerprint density at radius 2 is 1.83 bits per heavy atom. The second-order valence-corrected chi connectivity index (χ2v) is 5.32. The average molecular weight is 304 g/mol. The van der Waals surface area contributed by atoms with E-state index < -0.39 is 0 Å². The van der Waals surface area contributed by atoms with Crippen LogP contribution in [0.4, 0.5) is 0 Å². The Labute approximate surface area is 134 Å². The number of nitrogens with zero attached hydrogens (tertiary/aromatic N) is 4. The van der Waals surface area contributed by atoms with Gasteiger partial charge in [0.15, 0.2) is 5.82 Å². The normalized spacial score (nSPS) is 10.5. The van der Waals surface area contributed by atoms with Gasteiger partial charge < -0.3 is 9.67 Å². The molecule has 2 aromatic carbocycles. The van der Waals surface area contributed by atoms with Crippen molar-refractivity contribution >= 4 is 0 Å². The molecular weight excluding hydrogens is 288 g/mol. The molecule has 3 rings (SSSR count). The maximum Gasteiger partial charge on any atom is 0.164 e. The Morgan fingerprint density at radius 1 is 1.09 bits per heavy atom. The molecule has 0 atom stereocenters. The third kappa shape index (κ3) is 3.12. The van der Waals surface area contributed by atoms with Crippen molar-refractivity contribution in [3.05, 3.63) is 71.0 Å². The van der Waals surface area contributed by atoms with Crippen LogP contribution < -0.4 is 0 Å². The zero-order chi connectivity index (χ0) is 16.2. The van der Waals surface area contributed by atoms with Crippen LogP contribution in [0.3, 0.4) is 0 Å². The summed E-state index contributed by atoms with van der Waals surface area (Å²) in [7, 11) is 0. The maximum atomic E-state index is 9.12. The average Bonchev–Trinajstić information content (AvgIpc) is 2.96. The molecule has 1 N–H and O–H groups in total. The van der Waals surface area contributed by atoms with E-state index in [9.17, 15) is 0 Å². The topological polar surface area (TPSA) is 74.7 Å². The first-order chi connectivity index (χ1) is 11.2. The summed E-state index contributed by atoms with van der Waals surface area (Å²) in [6, 6.07) is 17.3. The zero-order valence-corrected chi connectivity index (χ0v) is 12.8. The molecular formula is C18H16N4O. The minimum absolute atomic E-state index is 0.0398. The highest BCUT2D eigenvalue weighted by atomic mass is 16.3. The molecule has 0 bridgehead atoms. The van der Waals surface area contributed by atoms with Crippen LogP contribution in [0.5, 0.6) is 0 Å². The standard InChI is InChI=1S/C18H16N4O/c1-13-20-21-18(17-4-2-3-16(9-17)10-19)22(13)11-14-5-7-15(12-23)8-6-14/h2-9,23H,11-12H2,1H3. The van der Waals surface area contributed by atoms with Crippen molar-refractivity contribution in [3.8, 4) is 17.5 Å². The summed E-state index contributed by atoms with van der Waals surface area (Å²) < 4.78 is 2.02. The van der Waals surface area contributed by atoms with E-state index in [0.717, 1.165) is 28.3 Å². The SMILES string of the molecule is Cc1nnc(-c2cccc(C#N)c2)n1Cc1ccc(CO)cc1. The second kappa shape index (κ2) is 6.42. The molecule has 0 fully saturated rings. The van der Waals surface area contributed by atoms with Crippen LogP contribution in [0.2, 0.25) is 0 Å². The molecule has 0 radical (unpaired) electrons. The van der Waals surface area contributed by atoms with E-state index in [1.807, 2.05) is 54.0 Å². The van der Waals surface area contributed by atoms with Gasteiger partial charge in [0.05, 0.1) is 24.8 Å². The summed E-state index contributed by atoms with van der Waals surface area (Å²) in [5, 5.41) is 26.6. The van der Waals surface area contributed by atoms with Crippen molar-refractivity contribution in [1.82, 2.24) is 14.8 Å². The first-order valence-electron chi connectivity index (χ1n) is 7.30. The fraction of sp³-hybridized carbons (Fsp3) is 0.167. The minimum Gasteiger partial charge on any atom is -0.392 e. The molecule has 0 amide bonds. The van der Waals surface area contributed by atoms with E-state index in [-0.39, 0.29) is 6.61 Å². The van der Waals surface area contributed by atoms with E-state index in [0.29, 0.717) is 12.1 Å². The summed E-state index contributed by atoms with van der Waals surface area (Å²) in [6.07, 6.45) is 0. The van der Waals surface area contributed by atoms with Crippen LogP contribution in [0.15, 0.2) is 48.5 Å². The van der Waals surface area contributed by atoms with Crippen molar-refractivity contribution in [2.24, 2.45) is 0 Å². The molecule has 1 heterocycles. The van der Waals surface area contributed by atoms with Crippen LogP contribution in [0, 0.1) is 18.3 Å². The molecule has 0 saturated carbocycles. The predicted octanol–water partition coefficient (Wildman–Crippen LogP) is 2.67. The van der Waals surface area contributed by atoms with Crippen LogP contribution >= 0.6 is 0 Å². The summed E-state index contributed by atoms with van der Waals surface area (Å²) in [6.45, 7) is 2.58. The largest absolute Gasteiger partial charge is 0.392 e. The van der Waals surface area contributed by atoms with Gasteiger partial charge in [-0.05, 0) is 30.2 Å². The van der Waals surface area contributed by atoms with Crippen LogP contribution in [0.1, 0.15) is 22.5 Å². The van der Waals surface area contributed by atoms with Gasteiger partial charge in [0, 0.05) is 5.56 Å². The number of benzene rings is 2. The highest BCUT2D eigenvalue weighted by Gasteiger charge is 2.12. The molecule has 0 spiro atoms. The fourth-order valence-electron chi connectivity index (χ4n) is 2.44. The molecule has 0 saturated heterocycles. The zero-order valence-electron chi connectivity index (χ0n) is 12.8. The molecule has 0 unspecified atom stereocenters. The van der Waals surface area contributed by atoms with E-state index in [1.54, 1.807) is 6.07 Å². The smallest absolute Gasteiger partial charge is 0.164 e. The maximum absolute atomic E-state index is 9.12. The first kappa shape index (κ1) is 14.9. The van der Waals surface area contributed by atoms with Crippen LogP contribution in [-0.2, 0) is 13.2 Å². The Bertz CT molecular complexity index is 859. The monoisotopic (exact) mass is 304 g/mol. The summed E-state index contributed by atoms with van der Waals surface area (Å²) in [5.74, 6) is 1.56. The Morgan fingerprint density at radius 3 is 2.52 bits per heavy atom. The van der Waals surface area contributed by atoms with E-state index in [4.69, 9.17) is 10.4 Å². The minimum atomic E-state index is 0.0398. The van der Waals surface area contributed by atoms with Gasteiger partial charge in [-0.2, -0.15) is 5.26 Å². The first-order valence-corrected chi connectivity index (χ1v) is 7.30. The second-order valence-electron chi connectivity index (χ2n) is 5.32. The third-order valence-electron chi connectivity index (χ3n) is 3.73. The van der Waals surface area contributed by atoms with Crippen molar-refractivity contribution in [3.63, 3.8) is 0 Å². The number of hydrogen-bond acceptors (Lipinski definition) is 4. The highest BCUT2D eigenvalue weighted by Crippen LogP contribution is 2.21. The summed E-state index contributed by atoms with van der Waals surface area (Å²) in [4.78, 5) is 0. The van der Waals surface area contributed by atoms with Gasteiger partial charge in [0.1, 0.15) is 5.82 Å². The lowest BCUT2D eigenvalue weighted by Crippen LogP contribution is -2.04. The van der Waals surface area contributed by atoms with Gasteiger partial charge in [-0.25, -0.2) is 0 Å². The van der Waals surface area contributed by atoms with E-state index >= 15 is 0 Å². The Hall–Kier alpha value is -2.97. The molecule has 0 aliphatic rings. The summed E-state index contributed by atoms with van der Waals surface area (Å²) in [5.41, 5.74) is 3.46. The molecule has 114 valence electrons. The Balaban J connectivity index is 1.96. The van der Waals surface area contributed by atoms with E-state index in [2.05, 4.69) is 16.3 Å². The lowest BCUT2D eigenvalue weighted by molar-refractivity contribution is 0.282. The molecule has 0 aliphatic carbocycles. The molecule has 0 aliphatic heterocycles.